The average Bonchev–Trinajstić information content (AvgIpc) is 2.79. The van der Waals surface area contributed by atoms with Crippen LogP contribution in [0.5, 0.6) is 0 Å². The van der Waals surface area contributed by atoms with Gasteiger partial charge in [0.15, 0.2) is 0 Å². The van der Waals surface area contributed by atoms with E-state index in [4.69, 9.17) is 0 Å². The van der Waals surface area contributed by atoms with Crippen LogP contribution in [0, 0.1) is 5.92 Å². The first-order valence-corrected chi connectivity index (χ1v) is 7.33. The predicted molar refractivity (Wildman–Crippen MR) is 67.9 cm³/mol. The van der Waals surface area contributed by atoms with E-state index < -0.39 is 0 Å². The summed E-state index contributed by atoms with van der Waals surface area (Å²) in [4.78, 5) is 28.7. The van der Waals surface area contributed by atoms with Crippen molar-refractivity contribution >= 4 is 11.8 Å². The Balaban J connectivity index is 1.80. The highest BCUT2D eigenvalue weighted by atomic mass is 16.2. The molecule has 2 unspecified atom stereocenters. The number of carbonyl (C=O) groups excluding carboxylic acids is 2. The molecule has 4 nitrogen and oxygen atoms in total. The number of hydrogen-bond donors (Lipinski definition) is 0. The van der Waals surface area contributed by atoms with E-state index in [-0.39, 0.29) is 23.9 Å². The van der Waals surface area contributed by atoms with Gasteiger partial charge in [-0.2, -0.15) is 0 Å². The second-order valence-corrected chi connectivity index (χ2v) is 5.90. The minimum Gasteiger partial charge on any atom is -0.329 e. The number of hydrogen-bond acceptors (Lipinski definition) is 2. The summed E-state index contributed by atoms with van der Waals surface area (Å²) < 4.78 is 0. The van der Waals surface area contributed by atoms with Gasteiger partial charge >= 0.3 is 0 Å². The van der Waals surface area contributed by atoms with Gasteiger partial charge < -0.3 is 9.80 Å². The summed E-state index contributed by atoms with van der Waals surface area (Å²) in [6.07, 6.45) is 6.33. The third-order valence-corrected chi connectivity index (χ3v) is 4.83. The zero-order valence-electron chi connectivity index (χ0n) is 11.1. The van der Waals surface area contributed by atoms with Crippen LogP contribution in [0.4, 0.5) is 0 Å². The van der Waals surface area contributed by atoms with E-state index in [1.165, 1.54) is 19.3 Å². The average molecular weight is 250 g/mol. The van der Waals surface area contributed by atoms with Crippen molar-refractivity contribution < 1.29 is 9.59 Å². The van der Waals surface area contributed by atoms with Crippen molar-refractivity contribution in [1.29, 1.82) is 0 Å². The fourth-order valence-electron chi connectivity index (χ4n) is 3.52. The van der Waals surface area contributed by atoms with Crippen molar-refractivity contribution in [1.82, 2.24) is 9.80 Å². The highest BCUT2D eigenvalue weighted by molar-refractivity contribution is 5.97. The molecule has 0 aromatic carbocycles. The lowest BCUT2D eigenvalue weighted by molar-refractivity contribution is -0.160. The van der Waals surface area contributed by atoms with Gasteiger partial charge in [0.2, 0.25) is 11.8 Å². The third kappa shape index (κ3) is 1.73. The van der Waals surface area contributed by atoms with Crippen LogP contribution in [0.3, 0.4) is 0 Å². The molecule has 0 aromatic rings. The minimum absolute atomic E-state index is 0.139. The molecule has 2 atom stereocenters. The first kappa shape index (κ1) is 12.0. The van der Waals surface area contributed by atoms with E-state index in [2.05, 4.69) is 0 Å². The van der Waals surface area contributed by atoms with E-state index in [1.54, 1.807) is 0 Å². The minimum atomic E-state index is -0.188. The van der Waals surface area contributed by atoms with Crippen molar-refractivity contribution in [2.75, 3.05) is 13.1 Å². The number of nitrogens with zero attached hydrogens (tertiary/aromatic N) is 2. The Bertz CT molecular complexity index is 365. The van der Waals surface area contributed by atoms with Crippen molar-refractivity contribution in [3.8, 4) is 0 Å². The largest absolute Gasteiger partial charge is 0.329 e. The number of carbonyl (C=O) groups is 2. The Morgan fingerprint density at radius 2 is 1.89 bits per heavy atom. The Morgan fingerprint density at radius 1 is 1.11 bits per heavy atom. The van der Waals surface area contributed by atoms with E-state index in [1.807, 2.05) is 16.7 Å². The second kappa shape index (κ2) is 4.56. The molecule has 2 saturated heterocycles. The smallest absolute Gasteiger partial charge is 0.246 e. The Kier molecular flexibility index (Phi) is 3.04. The standard InChI is InChI=1S/C14H22N2O2/c1-2-11-13(17)15-8-4-7-12(15)14(18)16(11)9-10-5-3-6-10/h10-12H,2-9H2,1H3. The van der Waals surface area contributed by atoms with Crippen LogP contribution in [0.15, 0.2) is 0 Å². The Morgan fingerprint density at radius 3 is 2.50 bits per heavy atom. The van der Waals surface area contributed by atoms with E-state index in [0.717, 1.165) is 32.4 Å². The molecular formula is C14H22N2O2. The number of piperazine rings is 1. The van der Waals surface area contributed by atoms with Gasteiger partial charge in [0, 0.05) is 13.1 Å². The zero-order valence-corrected chi connectivity index (χ0v) is 11.1. The highest BCUT2D eigenvalue weighted by Gasteiger charge is 2.47. The van der Waals surface area contributed by atoms with Gasteiger partial charge in [-0.25, -0.2) is 0 Å². The summed E-state index contributed by atoms with van der Waals surface area (Å²) in [6, 6.07) is -0.326. The summed E-state index contributed by atoms with van der Waals surface area (Å²) >= 11 is 0. The quantitative estimate of drug-likeness (QED) is 0.759. The van der Waals surface area contributed by atoms with E-state index >= 15 is 0 Å². The molecule has 0 spiro atoms. The lowest BCUT2D eigenvalue weighted by Crippen LogP contribution is -2.63. The first-order chi connectivity index (χ1) is 8.72. The van der Waals surface area contributed by atoms with Crippen molar-refractivity contribution in [2.45, 2.75) is 57.5 Å². The number of rotatable bonds is 3. The van der Waals surface area contributed by atoms with Crippen LogP contribution in [0.25, 0.3) is 0 Å². The van der Waals surface area contributed by atoms with Crippen LogP contribution in [0.1, 0.15) is 45.4 Å². The molecule has 18 heavy (non-hydrogen) atoms. The van der Waals surface area contributed by atoms with Crippen LogP contribution < -0.4 is 0 Å². The van der Waals surface area contributed by atoms with Gasteiger partial charge in [0.1, 0.15) is 12.1 Å². The highest BCUT2D eigenvalue weighted by Crippen LogP contribution is 2.32. The van der Waals surface area contributed by atoms with Crippen molar-refractivity contribution in [3.05, 3.63) is 0 Å². The molecule has 100 valence electrons. The molecule has 3 rings (SSSR count). The summed E-state index contributed by atoms with van der Waals surface area (Å²) in [5.74, 6) is 1.05. The van der Waals surface area contributed by atoms with Gasteiger partial charge in [0.05, 0.1) is 0 Å². The van der Waals surface area contributed by atoms with Crippen molar-refractivity contribution in [2.24, 2.45) is 5.92 Å². The molecule has 1 aliphatic carbocycles. The fourth-order valence-corrected chi connectivity index (χ4v) is 3.52. The molecule has 0 aromatic heterocycles. The van der Waals surface area contributed by atoms with Gasteiger partial charge in [0.25, 0.3) is 0 Å². The summed E-state index contributed by atoms with van der Waals surface area (Å²) in [6.45, 7) is 3.61. The van der Waals surface area contributed by atoms with Crippen molar-refractivity contribution in [3.63, 3.8) is 0 Å². The maximum Gasteiger partial charge on any atom is 0.246 e. The fraction of sp³-hybridized carbons (Fsp3) is 0.857. The molecule has 0 bridgehead atoms. The zero-order chi connectivity index (χ0) is 12.7. The lowest BCUT2D eigenvalue weighted by atomic mass is 9.84. The molecular weight excluding hydrogens is 228 g/mol. The van der Waals surface area contributed by atoms with Crippen LogP contribution >= 0.6 is 0 Å². The van der Waals surface area contributed by atoms with Gasteiger partial charge in [-0.3, -0.25) is 9.59 Å². The second-order valence-electron chi connectivity index (χ2n) is 5.90. The van der Waals surface area contributed by atoms with Gasteiger partial charge in [-0.15, -0.1) is 0 Å². The monoisotopic (exact) mass is 250 g/mol. The van der Waals surface area contributed by atoms with Crippen LogP contribution in [-0.2, 0) is 9.59 Å². The molecule has 0 N–H and O–H groups in total. The van der Waals surface area contributed by atoms with E-state index in [0.29, 0.717) is 5.92 Å². The first-order valence-electron chi connectivity index (χ1n) is 7.33. The molecule has 2 aliphatic heterocycles. The van der Waals surface area contributed by atoms with Gasteiger partial charge in [-0.1, -0.05) is 13.3 Å². The maximum absolute atomic E-state index is 12.5. The topological polar surface area (TPSA) is 40.6 Å². The molecule has 2 amide bonds. The molecule has 4 heteroatoms. The molecule has 0 radical (unpaired) electrons. The molecule has 2 heterocycles. The summed E-state index contributed by atoms with van der Waals surface area (Å²) in [5, 5.41) is 0. The Hall–Kier alpha value is -1.06. The molecule has 1 saturated carbocycles. The lowest BCUT2D eigenvalue weighted by Gasteiger charge is -2.44. The maximum atomic E-state index is 12.5. The number of fused-ring (bicyclic) bond motifs is 1. The predicted octanol–water partition coefficient (Wildman–Crippen LogP) is 1.40. The van der Waals surface area contributed by atoms with Gasteiger partial charge in [-0.05, 0) is 38.0 Å². The van der Waals surface area contributed by atoms with Crippen LogP contribution in [-0.4, -0.2) is 46.8 Å². The number of amides is 2. The normalized spacial score (nSPS) is 32.7. The molecule has 3 aliphatic rings. The Labute approximate surface area is 108 Å². The van der Waals surface area contributed by atoms with Crippen LogP contribution in [0.2, 0.25) is 0 Å². The summed E-state index contributed by atoms with van der Waals surface area (Å²) in [5.41, 5.74) is 0. The summed E-state index contributed by atoms with van der Waals surface area (Å²) in [7, 11) is 0. The van der Waals surface area contributed by atoms with E-state index in [9.17, 15) is 9.59 Å². The molecule has 3 fully saturated rings. The SMILES string of the molecule is CCC1C(=O)N2CCCC2C(=O)N1CC1CCC1. The third-order valence-electron chi connectivity index (χ3n) is 4.83.